The first kappa shape index (κ1) is 14.0. The van der Waals surface area contributed by atoms with Crippen LogP contribution in [0.3, 0.4) is 0 Å². The average molecular weight is 296 g/mol. The van der Waals surface area contributed by atoms with Crippen LogP contribution in [0.5, 0.6) is 0 Å². The molecule has 19 heavy (non-hydrogen) atoms. The van der Waals surface area contributed by atoms with Crippen LogP contribution in [-0.4, -0.2) is 21.8 Å². The Labute approximate surface area is 120 Å². The number of hydrogen-bond acceptors (Lipinski definition) is 4. The van der Waals surface area contributed by atoms with Crippen molar-refractivity contribution in [3.8, 4) is 10.6 Å². The summed E-state index contributed by atoms with van der Waals surface area (Å²) in [5, 5.41) is 4.52. The minimum atomic E-state index is -0.0230. The van der Waals surface area contributed by atoms with E-state index in [0.29, 0.717) is 18.7 Å². The Bertz CT molecular complexity index is 556. The Morgan fingerprint density at radius 2 is 2.37 bits per heavy atom. The Hall–Kier alpha value is -1.46. The summed E-state index contributed by atoms with van der Waals surface area (Å²) in [5.41, 5.74) is 1.78. The third kappa shape index (κ3) is 3.75. The van der Waals surface area contributed by atoms with Crippen LogP contribution in [-0.2, 0) is 4.79 Å². The summed E-state index contributed by atoms with van der Waals surface area (Å²) in [6.07, 6.45) is 4.60. The van der Waals surface area contributed by atoms with Gasteiger partial charge in [-0.25, -0.2) is 4.98 Å². The van der Waals surface area contributed by atoms with Crippen LogP contribution in [0.25, 0.3) is 10.6 Å². The van der Waals surface area contributed by atoms with Gasteiger partial charge in [-0.15, -0.1) is 11.6 Å². The SMILES string of the molecule is Cc1nc(-c2cccnc2)sc1NC(=O)CCCCl. The van der Waals surface area contributed by atoms with E-state index < -0.39 is 0 Å². The summed E-state index contributed by atoms with van der Waals surface area (Å²) in [5.74, 6) is 0.473. The zero-order valence-corrected chi connectivity index (χ0v) is 12.1. The number of anilines is 1. The predicted molar refractivity (Wildman–Crippen MR) is 78.7 cm³/mol. The first-order chi connectivity index (χ1) is 9.20. The first-order valence-electron chi connectivity index (χ1n) is 5.94. The summed E-state index contributed by atoms with van der Waals surface area (Å²) in [6, 6.07) is 3.81. The van der Waals surface area contributed by atoms with Crippen molar-refractivity contribution in [1.29, 1.82) is 0 Å². The van der Waals surface area contributed by atoms with Gasteiger partial charge in [0.1, 0.15) is 10.0 Å². The number of nitrogens with one attached hydrogen (secondary N) is 1. The molecule has 2 heterocycles. The molecule has 6 heteroatoms. The number of pyridine rings is 1. The van der Waals surface area contributed by atoms with Crippen LogP contribution < -0.4 is 5.32 Å². The molecule has 100 valence electrons. The molecule has 2 aromatic heterocycles. The van der Waals surface area contributed by atoms with Crippen molar-refractivity contribution in [2.24, 2.45) is 0 Å². The fourth-order valence-corrected chi connectivity index (χ4v) is 2.65. The first-order valence-corrected chi connectivity index (χ1v) is 7.29. The number of amides is 1. The number of aryl methyl sites for hydroxylation is 1. The van der Waals surface area contributed by atoms with Crippen LogP contribution in [0.2, 0.25) is 0 Å². The number of carbonyl (C=O) groups excluding carboxylic acids is 1. The molecule has 1 amide bonds. The van der Waals surface area contributed by atoms with Crippen LogP contribution in [0.1, 0.15) is 18.5 Å². The third-order valence-electron chi connectivity index (χ3n) is 2.50. The van der Waals surface area contributed by atoms with E-state index in [-0.39, 0.29) is 5.91 Å². The van der Waals surface area contributed by atoms with Crippen molar-refractivity contribution in [3.05, 3.63) is 30.2 Å². The highest BCUT2D eigenvalue weighted by Gasteiger charge is 2.11. The van der Waals surface area contributed by atoms with Gasteiger partial charge in [0.05, 0.1) is 5.69 Å². The normalized spacial score (nSPS) is 10.4. The Morgan fingerprint density at radius 3 is 3.05 bits per heavy atom. The number of rotatable bonds is 5. The second kappa shape index (κ2) is 6.63. The number of halogens is 1. The molecule has 0 aliphatic rings. The molecule has 1 N–H and O–H groups in total. The second-order valence-corrected chi connectivity index (χ2v) is 5.39. The van der Waals surface area contributed by atoms with Crippen molar-refractivity contribution >= 4 is 33.8 Å². The predicted octanol–water partition coefficient (Wildman–Crippen LogP) is 3.47. The lowest BCUT2D eigenvalue weighted by Gasteiger charge is -2.01. The summed E-state index contributed by atoms with van der Waals surface area (Å²) < 4.78 is 0. The molecule has 0 saturated carbocycles. The van der Waals surface area contributed by atoms with E-state index in [9.17, 15) is 4.79 Å². The van der Waals surface area contributed by atoms with E-state index in [0.717, 1.165) is 21.3 Å². The van der Waals surface area contributed by atoms with Crippen molar-refractivity contribution < 1.29 is 4.79 Å². The molecule has 0 bridgehead atoms. The molecule has 0 aliphatic carbocycles. The average Bonchev–Trinajstić information content (AvgIpc) is 2.79. The maximum Gasteiger partial charge on any atom is 0.225 e. The Morgan fingerprint density at radius 1 is 1.53 bits per heavy atom. The lowest BCUT2D eigenvalue weighted by molar-refractivity contribution is -0.116. The lowest BCUT2D eigenvalue weighted by Crippen LogP contribution is -2.10. The molecule has 0 aromatic carbocycles. The second-order valence-electron chi connectivity index (χ2n) is 4.02. The highest BCUT2D eigenvalue weighted by molar-refractivity contribution is 7.19. The molecule has 0 fully saturated rings. The molecule has 2 rings (SSSR count). The summed E-state index contributed by atoms with van der Waals surface area (Å²) in [6.45, 7) is 1.88. The standard InChI is InChI=1S/C13H14ClN3OS/c1-9-12(17-11(18)5-2-6-14)19-13(16-9)10-4-3-7-15-8-10/h3-4,7-8H,2,5-6H2,1H3,(H,17,18). The van der Waals surface area contributed by atoms with Gasteiger partial charge in [0, 0.05) is 30.3 Å². The maximum atomic E-state index is 11.7. The number of hydrogen-bond donors (Lipinski definition) is 1. The molecule has 0 saturated heterocycles. The number of carbonyl (C=O) groups is 1. The smallest absolute Gasteiger partial charge is 0.225 e. The van der Waals surface area contributed by atoms with Gasteiger partial charge in [0.25, 0.3) is 0 Å². The molecule has 4 nitrogen and oxygen atoms in total. The van der Waals surface area contributed by atoms with Gasteiger partial charge in [0.15, 0.2) is 0 Å². The van der Waals surface area contributed by atoms with Crippen LogP contribution in [0.15, 0.2) is 24.5 Å². The highest BCUT2D eigenvalue weighted by atomic mass is 35.5. The molecule has 0 spiro atoms. The van der Waals surface area contributed by atoms with E-state index in [1.54, 1.807) is 12.4 Å². The maximum absolute atomic E-state index is 11.7. The van der Waals surface area contributed by atoms with Crippen LogP contribution >= 0.6 is 22.9 Å². The monoisotopic (exact) mass is 295 g/mol. The van der Waals surface area contributed by atoms with Crippen molar-refractivity contribution in [3.63, 3.8) is 0 Å². The molecule has 0 unspecified atom stereocenters. The largest absolute Gasteiger partial charge is 0.316 e. The molecule has 0 atom stereocenters. The lowest BCUT2D eigenvalue weighted by atomic mass is 10.3. The van der Waals surface area contributed by atoms with Crippen LogP contribution in [0.4, 0.5) is 5.00 Å². The van der Waals surface area contributed by atoms with Crippen LogP contribution in [0, 0.1) is 6.92 Å². The summed E-state index contributed by atoms with van der Waals surface area (Å²) in [4.78, 5) is 20.2. The van der Waals surface area contributed by atoms with Gasteiger partial charge in [0.2, 0.25) is 5.91 Å². The molecule has 0 radical (unpaired) electrons. The minimum Gasteiger partial charge on any atom is -0.316 e. The van der Waals surface area contributed by atoms with Crippen molar-refractivity contribution in [2.75, 3.05) is 11.2 Å². The zero-order chi connectivity index (χ0) is 13.7. The van der Waals surface area contributed by atoms with Gasteiger partial charge in [-0.1, -0.05) is 11.3 Å². The Balaban J connectivity index is 2.11. The molecule has 2 aromatic rings. The number of alkyl halides is 1. The van der Waals surface area contributed by atoms with E-state index in [4.69, 9.17) is 11.6 Å². The van der Waals surface area contributed by atoms with Crippen molar-refractivity contribution in [2.45, 2.75) is 19.8 Å². The van der Waals surface area contributed by atoms with Gasteiger partial charge in [-0.2, -0.15) is 0 Å². The molecular formula is C13H14ClN3OS. The minimum absolute atomic E-state index is 0.0230. The number of aromatic nitrogens is 2. The van der Waals surface area contributed by atoms with Crippen molar-refractivity contribution in [1.82, 2.24) is 9.97 Å². The van der Waals surface area contributed by atoms with Gasteiger partial charge >= 0.3 is 0 Å². The number of thiazole rings is 1. The zero-order valence-electron chi connectivity index (χ0n) is 10.5. The summed E-state index contributed by atoms with van der Waals surface area (Å²) >= 11 is 7.03. The summed E-state index contributed by atoms with van der Waals surface area (Å²) in [7, 11) is 0. The van der Waals surface area contributed by atoms with E-state index in [1.807, 2.05) is 19.1 Å². The highest BCUT2D eigenvalue weighted by Crippen LogP contribution is 2.31. The van der Waals surface area contributed by atoms with Gasteiger partial charge in [-0.05, 0) is 25.5 Å². The Kier molecular flexibility index (Phi) is 4.87. The fourth-order valence-electron chi connectivity index (χ4n) is 1.54. The quantitative estimate of drug-likeness (QED) is 0.859. The van der Waals surface area contributed by atoms with E-state index in [1.165, 1.54) is 11.3 Å². The topological polar surface area (TPSA) is 54.9 Å². The molecule has 0 aliphatic heterocycles. The van der Waals surface area contributed by atoms with E-state index >= 15 is 0 Å². The molecular weight excluding hydrogens is 282 g/mol. The van der Waals surface area contributed by atoms with Gasteiger partial charge in [-0.3, -0.25) is 9.78 Å². The fraction of sp³-hybridized carbons (Fsp3) is 0.308. The van der Waals surface area contributed by atoms with E-state index in [2.05, 4.69) is 15.3 Å². The third-order valence-corrected chi connectivity index (χ3v) is 3.88. The van der Waals surface area contributed by atoms with Gasteiger partial charge < -0.3 is 5.32 Å². The number of nitrogens with zero attached hydrogens (tertiary/aromatic N) is 2.